The molecule has 0 aliphatic carbocycles. The third-order valence-corrected chi connectivity index (χ3v) is 8.37. The number of rotatable bonds is 26. The molecule has 228 valence electrons. The van der Waals surface area contributed by atoms with Crippen LogP contribution in [0.3, 0.4) is 0 Å². The molecule has 40 heavy (non-hydrogen) atoms. The summed E-state index contributed by atoms with van der Waals surface area (Å²) in [6, 6.07) is 4.03. The van der Waals surface area contributed by atoms with Gasteiger partial charge in [-0.05, 0) is 6.42 Å². The van der Waals surface area contributed by atoms with Crippen molar-refractivity contribution in [1.29, 1.82) is 0 Å². The van der Waals surface area contributed by atoms with Gasteiger partial charge < -0.3 is 14.6 Å². The van der Waals surface area contributed by atoms with Gasteiger partial charge in [-0.2, -0.15) is 0 Å². The van der Waals surface area contributed by atoms with E-state index in [9.17, 15) is 15.0 Å². The lowest BCUT2D eigenvalue weighted by atomic mass is 10.0. The van der Waals surface area contributed by atoms with E-state index in [1.54, 1.807) is 0 Å². The first-order valence-corrected chi connectivity index (χ1v) is 17.1. The summed E-state index contributed by atoms with van der Waals surface area (Å²) >= 11 is 0. The second kappa shape index (κ2) is 22.7. The van der Waals surface area contributed by atoms with Gasteiger partial charge in [-0.1, -0.05) is 161 Å². The van der Waals surface area contributed by atoms with Crippen molar-refractivity contribution in [2.24, 2.45) is 0 Å². The molecule has 1 aromatic heterocycles. The normalized spacial score (nSPS) is 11.5. The van der Waals surface area contributed by atoms with Crippen molar-refractivity contribution >= 4 is 11.0 Å². The van der Waals surface area contributed by atoms with Gasteiger partial charge in [-0.3, -0.25) is 4.79 Å². The fraction of sp³-hybridized carbons (Fsp3) is 0.750. The number of hydrogen-bond donors (Lipinski definition) is 2. The Balaban J connectivity index is 1.30. The molecule has 0 unspecified atom stereocenters. The number of phenolic OH excluding ortho intramolecular Hbond substituents is 2. The summed E-state index contributed by atoms with van der Waals surface area (Å²) in [6.07, 6.45) is 35.2. The molecule has 0 saturated carbocycles. The molecule has 0 bridgehead atoms. The highest BCUT2D eigenvalue weighted by atomic mass is 16.3. The monoisotopic (exact) mass is 556 g/mol. The zero-order valence-electron chi connectivity index (χ0n) is 25.8. The van der Waals surface area contributed by atoms with Gasteiger partial charge in [-0.25, -0.2) is 0 Å². The predicted molar refractivity (Wildman–Crippen MR) is 171 cm³/mol. The summed E-state index contributed by atoms with van der Waals surface area (Å²) < 4.78 is 5.74. The standard InChI is InChI=1S/C36H60O4/c1-2-3-4-5-6-7-8-9-10-11-12-13-14-15-16-17-18-19-20-21-22-23-24-25-26-27-32-30-34(39)36-33(38)28-31(37)29-35(36)40-32/h28-30,37-38H,2-27H2,1H3. The lowest BCUT2D eigenvalue weighted by Crippen LogP contribution is -2.02. The summed E-state index contributed by atoms with van der Waals surface area (Å²) in [4.78, 5) is 12.3. The zero-order chi connectivity index (χ0) is 28.7. The third-order valence-electron chi connectivity index (χ3n) is 8.37. The van der Waals surface area contributed by atoms with Crippen LogP contribution < -0.4 is 5.43 Å². The van der Waals surface area contributed by atoms with Gasteiger partial charge >= 0.3 is 0 Å². The average Bonchev–Trinajstić information content (AvgIpc) is 2.92. The van der Waals surface area contributed by atoms with Crippen LogP contribution in [0.15, 0.2) is 27.4 Å². The molecule has 0 fully saturated rings. The number of unbranched alkanes of at least 4 members (excludes halogenated alkanes) is 24. The maximum Gasteiger partial charge on any atom is 0.196 e. The molecule has 0 spiro atoms. The maximum absolute atomic E-state index is 12.3. The van der Waals surface area contributed by atoms with Crippen LogP contribution in [0.1, 0.15) is 173 Å². The average molecular weight is 557 g/mol. The van der Waals surface area contributed by atoms with Gasteiger partial charge in [-0.15, -0.1) is 0 Å². The quantitative estimate of drug-likeness (QED) is 0.113. The van der Waals surface area contributed by atoms with E-state index in [1.165, 1.54) is 166 Å². The Labute approximate surface area is 245 Å². The van der Waals surface area contributed by atoms with Gasteiger partial charge in [0.15, 0.2) is 5.43 Å². The summed E-state index contributed by atoms with van der Waals surface area (Å²) in [7, 11) is 0. The highest BCUT2D eigenvalue weighted by Gasteiger charge is 2.11. The summed E-state index contributed by atoms with van der Waals surface area (Å²) in [5.74, 6) is 0.284. The highest BCUT2D eigenvalue weighted by Crippen LogP contribution is 2.28. The SMILES string of the molecule is CCCCCCCCCCCCCCCCCCCCCCCCCCCc1cc(=O)c2c(O)cc(O)cc2o1. The van der Waals surface area contributed by atoms with Crippen LogP contribution in [-0.2, 0) is 6.42 Å². The first-order valence-electron chi connectivity index (χ1n) is 17.1. The Bertz CT molecular complexity index is 948. The Morgan fingerprint density at radius 1 is 0.525 bits per heavy atom. The molecule has 0 radical (unpaired) electrons. The number of aromatic hydroxyl groups is 2. The van der Waals surface area contributed by atoms with Crippen LogP contribution in [0.5, 0.6) is 11.5 Å². The van der Waals surface area contributed by atoms with Gasteiger partial charge in [0, 0.05) is 24.6 Å². The van der Waals surface area contributed by atoms with E-state index in [0.29, 0.717) is 12.2 Å². The third kappa shape index (κ3) is 15.7. The number of phenols is 2. The molecule has 2 N–H and O–H groups in total. The number of hydrogen-bond acceptors (Lipinski definition) is 4. The second-order valence-corrected chi connectivity index (χ2v) is 12.2. The van der Waals surface area contributed by atoms with E-state index < -0.39 is 0 Å². The van der Waals surface area contributed by atoms with E-state index in [1.807, 2.05) is 0 Å². The molecular formula is C36H60O4. The fourth-order valence-electron chi connectivity index (χ4n) is 5.87. The minimum atomic E-state index is -0.256. The number of fused-ring (bicyclic) bond motifs is 1. The molecule has 2 aromatic rings. The molecular weight excluding hydrogens is 496 g/mol. The second-order valence-electron chi connectivity index (χ2n) is 12.2. The van der Waals surface area contributed by atoms with Gasteiger partial charge in [0.25, 0.3) is 0 Å². The first kappa shape index (κ1) is 34.2. The first-order chi connectivity index (χ1) is 19.6. The van der Waals surface area contributed by atoms with Crippen molar-refractivity contribution in [2.75, 3.05) is 0 Å². The minimum Gasteiger partial charge on any atom is -0.508 e. The van der Waals surface area contributed by atoms with E-state index in [0.717, 1.165) is 12.8 Å². The van der Waals surface area contributed by atoms with E-state index in [4.69, 9.17) is 4.42 Å². The van der Waals surface area contributed by atoms with Crippen LogP contribution in [-0.4, -0.2) is 10.2 Å². The minimum absolute atomic E-state index is 0.102. The highest BCUT2D eigenvalue weighted by molar-refractivity contribution is 5.84. The molecule has 0 aliphatic rings. The van der Waals surface area contributed by atoms with Crippen LogP contribution in [0.4, 0.5) is 0 Å². The lowest BCUT2D eigenvalue weighted by Gasteiger charge is -2.06. The molecule has 0 saturated heterocycles. The van der Waals surface area contributed by atoms with Crippen molar-refractivity contribution < 1.29 is 14.6 Å². The van der Waals surface area contributed by atoms with Crippen molar-refractivity contribution in [3.8, 4) is 11.5 Å². The van der Waals surface area contributed by atoms with Gasteiger partial charge in [0.05, 0.1) is 0 Å². The lowest BCUT2D eigenvalue weighted by molar-refractivity contribution is 0.449. The molecule has 4 nitrogen and oxygen atoms in total. The Kier molecular flexibility index (Phi) is 19.4. The maximum atomic E-state index is 12.3. The van der Waals surface area contributed by atoms with Crippen LogP contribution >= 0.6 is 0 Å². The molecule has 0 aliphatic heterocycles. The molecule has 4 heteroatoms. The Hall–Kier alpha value is -1.97. The number of aryl methyl sites for hydroxylation is 1. The van der Waals surface area contributed by atoms with E-state index >= 15 is 0 Å². The van der Waals surface area contributed by atoms with Gasteiger partial charge in [0.2, 0.25) is 0 Å². The van der Waals surface area contributed by atoms with Crippen molar-refractivity contribution in [1.82, 2.24) is 0 Å². The molecule has 1 heterocycles. The fourth-order valence-corrected chi connectivity index (χ4v) is 5.87. The van der Waals surface area contributed by atoms with Crippen molar-refractivity contribution in [2.45, 2.75) is 174 Å². The van der Waals surface area contributed by atoms with E-state index in [-0.39, 0.29) is 27.9 Å². The summed E-state index contributed by atoms with van der Waals surface area (Å²) in [6.45, 7) is 2.29. The Morgan fingerprint density at radius 2 is 0.900 bits per heavy atom. The Morgan fingerprint density at radius 3 is 1.30 bits per heavy atom. The van der Waals surface area contributed by atoms with Crippen molar-refractivity contribution in [3.05, 3.63) is 34.2 Å². The number of benzene rings is 1. The zero-order valence-corrected chi connectivity index (χ0v) is 25.8. The van der Waals surface area contributed by atoms with E-state index in [2.05, 4.69) is 6.92 Å². The molecule has 2 rings (SSSR count). The summed E-state index contributed by atoms with van der Waals surface area (Å²) in [5.41, 5.74) is -0.00655. The smallest absolute Gasteiger partial charge is 0.196 e. The molecule has 0 atom stereocenters. The topological polar surface area (TPSA) is 70.7 Å². The van der Waals surface area contributed by atoms with Gasteiger partial charge in [0.1, 0.15) is 28.2 Å². The van der Waals surface area contributed by atoms with Crippen molar-refractivity contribution in [3.63, 3.8) is 0 Å². The van der Waals surface area contributed by atoms with Crippen LogP contribution in [0.2, 0.25) is 0 Å². The van der Waals surface area contributed by atoms with Crippen LogP contribution in [0, 0.1) is 0 Å². The van der Waals surface area contributed by atoms with Crippen LogP contribution in [0.25, 0.3) is 11.0 Å². The molecule has 0 amide bonds. The summed E-state index contributed by atoms with van der Waals surface area (Å²) in [5, 5.41) is 19.7. The largest absolute Gasteiger partial charge is 0.508 e. The molecule has 1 aromatic carbocycles. The predicted octanol–water partition coefficient (Wildman–Crippen LogP) is 11.5.